The van der Waals surface area contributed by atoms with Gasteiger partial charge in [0.15, 0.2) is 13.9 Å². The van der Waals surface area contributed by atoms with Gasteiger partial charge in [-0.25, -0.2) is 4.79 Å². The third-order valence-corrected chi connectivity index (χ3v) is 11.0. The molecule has 0 aromatic heterocycles. The highest BCUT2D eigenvalue weighted by Crippen LogP contribution is 2.54. The summed E-state index contributed by atoms with van der Waals surface area (Å²) in [7, 11) is -2.15. The van der Waals surface area contributed by atoms with E-state index in [9.17, 15) is 9.59 Å². The predicted molar refractivity (Wildman–Crippen MR) is 101 cm³/mol. The molecule has 7 heteroatoms. The molecule has 2 heterocycles. The Morgan fingerprint density at radius 2 is 1.88 bits per heavy atom. The maximum Gasteiger partial charge on any atom is 0.339 e. The van der Waals surface area contributed by atoms with Crippen molar-refractivity contribution in [3.05, 3.63) is 0 Å². The van der Waals surface area contributed by atoms with Crippen LogP contribution in [0.4, 0.5) is 0 Å². The van der Waals surface area contributed by atoms with Crippen molar-refractivity contribution >= 4 is 31.8 Å². The SMILES string of the molecule is CC(C)[C@H](O[Si](C)(C)C(C)(C)C)C12NC(=O)[C@H](CCCl)[C@]1(C)OC2=O. The lowest BCUT2D eigenvalue weighted by Gasteiger charge is -2.57. The van der Waals surface area contributed by atoms with Crippen LogP contribution in [0.25, 0.3) is 0 Å². The van der Waals surface area contributed by atoms with Crippen LogP contribution >= 0.6 is 11.6 Å². The van der Waals surface area contributed by atoms with E-state index < -0.39 is 37.4 Å². The third kappa shape index (κ3) is 2.84. The van der Waals surface area contributed by atoms with E-state index >= 15 is 0 Å². The zero-order chi connectivity index (χ0) is 19.4. The Morgan fingerprint density at radius 3 is 2.28 bits per heavy atom. The molecule has 1 amide bonds. The zero-order valence-corrected chi connectivity index (χ0v) is 18.4. The van der Waals surface area contributed by atoms with Gasteiger partial charge in [0.2, 0.25) is 11.4 Å². The standard InChI is InChI=1S/C18H32ClNO4Si/c1-11(2)13(24-25(7,8)16(3,4)5)18-15(22)23-17(18,6)12(9-10-19)14(21)20-18/h11-13H,9-10H2,1-8H3,(H,20,21)/t12-,13-,17-,18?/m0/s1. The summed E-state index contributed by atoms with van der Waals surface area (Å²) < 4.78 is 12.2. The molecule has 2 rings (SSSR count). The maximum absolute atomic E-state index is 12.7. The van der Waals surface area contributed by atoms with Crippen molar-refractivity contribution in [2.45, 2.75) is 83.3 Å². The molecule has 2 fully saturated rings. The molecular formula is C18H32ClNO4Si. The first kappa shape index (κ1) is 20.7. The van der Waals surface area contributed by atoms with Crippen molar-refractivity contribution < 1.29 is 18.8 Å². The van der Waals surface area contributed by atoms with E-state index in [-0.39, 0.29) is 16.9 Å². The van der Waals surface area contributed by atoms with Crippen molar-refractivity contribution in [3.63, 3.8) is 0 Å². The van der Waals surface area contributed by atoms with E-state index in [4.69, 9.17) is 20.8 Å². The van der Waals surface area contributed by atoms with Crippen LogP contribution < -0.4 is 5.32 Å². The topological polar surface area (TPSA) is 64.6 Å². The summed E-state index contributed by atoms with van der Waals surface area (Å²) in [6, 6.07) is 0. The number of carbonyl (C=O) groups is 2. The molecule has 0 aliphatic carbocycles. The third-order valence-electron chi connectivity index (χ3n) is 6.37. The molecule has 0 aromatic rings. The molecule has 4 atom stereocenters. The molecule has 0 radical (unpaired) electrons. The summed E-state index contributed by atoms with van der Waals surface area (Å²) in [6.45, 7) is 16.7. The summed E-state index contributed by atoms with van der Waals surface area (Å²) in [5, 5.41) is 2.97. The molecule has 25 heavy (non-hydrogen) atoms. The summed E-state index contributed by atoms with van der Waals surface area (Å²) >= 11 is 5.89. The Bertz CT molecular complexity index is 574. The predicted octanol–water partition coefficient (Wildman–Crippen LogP) is 3.46. The van der Waals surface area contributed by atoms with Crippen LogP contribution in [0.2, 0.25) is 18.1 Å². The molecule has 144 valence electrons. The second kappa shape index (κ2) is 6.24. The highest BCUT2D eigenvalue weighted by atomic mass is 35.5. The van der Waals surface area contributed by atoms with Crippen LogP contribution in [0.15, 0.2) is 0 Å². The van der Waals surface area contributed by atoms with Gasteiger partial charge in [0.1, 0.15) is 0 Å². The van der Waals surface area contributed by atoms with E-state index in [1.165, 1.54) is 0 Å². The number of rotatable bonds is 6. The van der Waals surface area contributed by atoms with Crippen LogP contribution in [-0.4, -0.2) is 43.3 Å². The van der Waals surface area contributed by atoms with Crippen molar-refractivity contribution in [1.29, 1.82) is 0 Å². The average Bonchev–Trinajstić information content (AvgIpc) is 2.61. The molecule has 0 spiro atoms. The number of esters is 1. The minimum absolute atomic E-state index is 0.00101. The number of hydrogen-bond donors (Lipinski definition) is 1. The normalized spacial score (nSPS) is 33.6. The van der Waals surface area contributed by atoms with E-state index in [1.54, 1.807) is 0 Å². The summed E-state index contributed by atoms with van der Waals surface area (Å²) in [5.74, 6) is -0.601. The molecule has 2 saturated heterocycles. The monoisotopic (exact) mass is 389 g/mol. The number of halogens is 1. The average molecular weight is 390 g/mol. The van der Waals surface area contributed by atoms with Gasteiger partial charge in [0.05, 0.1) is 12.0 Å². The fourth-order valence-electron chi connectivity index (χ4n) is 3.77. The number of alkyl halides is 1. The molecular weight excluding hydrogens is 358 g/mol. The van der Waals surface area contributed by atoms with Gasteiger partial charge in [-0.15, -0.1) is 11.6 Å². The van der Waals surface area contributed by atoms with Crippen molar-refractivity contribution in [3.8, 4) is 0 Å². The van der Waals surface area contributed by atoms with Gasteiger partial charge >= 0.3 is 5.97 Å². The second-order valence-corrected chi connectivity index (χ2v) is 14.5. The molecule has 0 saturated carbocycles. The van der Waals surface area contributed by atoms with Crippen LogP contribution in [0.1, 0.15) is 48.0 Å². The Balaban J connectivity index is 2.47. The van der Waals surface area contributed by atoms with Gasteiger partial charge < -0.3 is 14.5 Å². The summed E-state index contributed by atoms with van der Waals surface area (Å²) in [6.07, 6.45) is 0.0491. The first-order valence-electron chi connectivity index (χ1n) is 9.04. The number of ether oxygens (including phenoxy) is 1. The molecule has 0 bridgehead atoms. The van der Waals surface area contributed by atoms with Crippen molar-refractivity contribution in [2.24, 2.45) is 11.8 Å². The van der Waals surface area contributed by atoms with E-state index in [0.717, 1.165) is 0 Å². The quantitative estimate of drug-likeness (QED) is 0.429. The van der Waals surface area contributed by atoms with Gasteiger partial charge in [-0.2, -0.15) is 0 Å². The van der Waals surface area contributed by atoms with Gasteiger partial charge in [-0.05, 0) is 37.4 Å². The second-order valence-electron chi connectivity index (χ2n) is 9.37. The molecule has 2 aliphatic heterocycles. The molecule has 1 unspecified atom stereocenters. The Hall–Kier alpha value is -0.593. The summed E-state index contributed by atoms with van der Waals surface area (Å²) in [4.78, 5) is 25.3. The Morgan fingerprint density at radius 1 is 1.32 bits per heavy atom. The van der Waals surface area contributed by atoms with Crippen molar-refractivity contribution in [1.82, 2.24) is 5.32 Å². The molecule has 0 aromatic carbocycles. The fourth-order valence-corrected chi connectivity index (χ4v) is 5.42. The largest absolute Gasteiger partial charge is 0.453 e. The first-order chi connectivity index (χ1) is 11.2. The minimum atomic E-state index is -2.15. The number of amides is 1. The van der Waals surface area contributed by atoms with Crippen molar-refractivity contribution in [2.75, 3.05) is 5.88 Å². The zero-order valence-electron chi connectivity index (χ0n) is 16.7. The lowest BCUT2D eigenvalue weighted by atomic mass is 9.66. The van der Waals surface area contributed by atoms with Crippen LogP contribution in [0.5, 0.6) is 0 Å². The molecule has 2 aliphatic rings. The maximum atomic E-state index is 12.7. The van der Waals surface area contributed by atoms with E-state index in [1.807, 2.05) is 20.8 Å². The van der Waals surface area contributed by atoms with E-state index in [2.05, 4.69) is 39.2 Å². The Labute approximate surface area is 157 Å². The number of fused-ring (bicyclic) bond motifs is 1. The van der Waals surface area contributed by atoms with Gasteiger partial charge in [0, 0.05) is 5.88 Å². The van der Waals surface area contributed by atoms with Crippen LogP contribution in [-0.2, 0) is 18.8 Å². The molecule has 1 N–H and O–H groups in total. The van der Waals surface area contributed by atoms with Gasteiger partial charge in [-0.3, -0.25) is 4.79 Å². The minimum Gasteiger partial charge on any atom is -0.453 e. The Kier molecular flexibility index (Phi) is 5.17. The smallest absolute Gasteiger partial charge is 0.339 e. The lowest BCUT2D eigenvalue weighted by molar-refractivity contribution is -0.236. The van der Waals surface area contributed by atoms with Gasteiger partial charge in [0.25, 0.3) is 0 Å². The number of nitrogens with one attached hydrogen (secondary N) is 1. The lowest BCUT2D eigenvalue weighted by Crippen LogP contribution is -2.81. The van der Waals surface area contributed by atoms with E-state index in [0.29, 0.717) is 12.3 Å². The van der Waals surface area contributed by atoms with Crippen LogP contribution in [0.3, 0.4) is 0 Å². The van der Waals surface area contributed by atoms with Gasteiger partial charge in [-0.1, -0.05) is 34.6 Å². The fraction of sp³-hybridized carbons (Fsp3) is 0.889. The highest BCUT2D eigenvalue weighted by Gasteiger charge is 2.79. The number of hydrogen-bond acceptors (Lipinski definition) is 4. The highest BCUT2D eigenvalue weighted by molar-refractivity contribution is 6.74. The summed E-state index contributed by atoms with van der Waals surface area (Å²) in [5.41, 5.74) is -2.03. The first-order valence-corrected chi connectivity index (χ1v) is 12.5. The number of carbonyl (C=O) groups excluding carboxylic acids is 2. The molecule has 5 nitrogen and oxygen atoms in total. The van der Waals surface area contributed by atoms with Crippen LogP contribution in [0, 0.1) is 11.8 Å².